The number of methoxy groups -OCH3 is 1. The van der Waals surface area contributed by atoms with Gasteiger partial charge in [0.2, 0.25) is 5.91 Å². The molecule has 134 valence electrons. The summed E-state index contributed by atoms with van der Waals surface area (Å²) in [6, 6.07) is 10.4. The van der Waals surface area contributed by atoms with Gasteiger partial charge in [-0.05, 0) is 30.3 Å². The Kier molecular flexibility index (Phi) is 4.54. The fourth-order valence-electron chi connectivity index (χ4n) is 2.84. The quantitative estimate of drug-likeness (QED) is 0.664. The highest BCUT2D eigenvalue weighted by molar-refractivity contribution is 9.10. The Balaban J connectivity index is 1.42. The lowest BCUT2D eigenvalue weighted by atomic mass is 10.00. The molecular weight excluding hydrogens is 421 g/mol. The van der Waals surface area contributed by atoms with Gasteiger partial charge in [-0.25, -0.2) is 9.37 Å². The average Bonchev–Trinajstić information content (AvgIpc) is 2.99. The van der Waals surface area contributed by atoms with Gasteiger partial charge in [0.15, 0.2) is 5.13 Å². The van der Waals surface area contributed by atoms with Gasteiger partial charge in [-0.3, -0.25) is 4.79 Å². The lowest BCUT2D eigenvalue weighted by Crippen LogP contribution is -2.52. The number of halogens is 2. The van der Waals surface area contributed by atoms with E-state index >= 15 is 0 Å². The third-order valence-corrected chi connectivity index (χ3v) is 5.88. The van der Waals surface area contributed by atoms with Gasteiger partial charge in [0.05, 0.1) is 23.4 Å². The number of rotatable bonds is 4. The minimum Gasteiger partial charge on any atom is -0.494 e. The number of para-hydroxylation sites is 1. The largest absolute Gasteiger partial charge is 0.494 e. The fraction of sp³-hybridized carbons (Fsp3) is 0.222. The second-order valence-corrected chi connectivity index (χ2v) is 7.94. The first-order valence-electron chi connectivity index (χ1n) is 7.99. The molecule has 2 heterocycles. The number of ether oxygens (including phenoxy) is 1. The summed E-state index contributed by atoms with van der Waals surface area (Å²) in [7, 11) is 1.62. The van der Waals surface area contributed by atoms with Crippen LogP contribution in [0.15, 0.2) is 40.9 Å². The molecule has 1 fully saturated rings. The molecular formula is C18H15BrFN3O2S. The van der Waals surface area contributed by atoms with Crippen molar-refractivity contribution in [3.63, 3.8) is 0 Å². The number of nitrogens with one attached hydrogen (secondary N) is 1. The topological polar surface area (TPSA) is 54.5 Å². The van der Waals surface area contributed by atoms with E-state index < -0.39 is 5.82 Å². The van der Waals surface area contributed by atoms with Crippen LogP contribution in [0.2, 0.25) is 0 Å². The minimum atomic E-state index is -0.456. The number of anilines is 2. The summed E-state index contributed by atoms with van der Waals surface area (Å²) in [5, 5.41) is 3.52. The number of carbonyl (C=O) groups is 1. The van der Waals surface area contributed by atoms with Crippen LogP contribution in [0.1, 0.15) is 0 Å². The molecule has 1 saturated heterocycles. The molecule has 1 N–H and O–H groups in total. The Labute approximate surface area is 161 Å². The molecule has 0 saturated carbocycles. The first kappa shape index (κ1) is 17.2. The van der Waals surface area contributed by atoms with Crippen molar-refractivity contribution in [2.45, 2.75) is 0 Å². The highest BCUT2D eigenvalue weighted by Crippen LogP contribution is 2.36. The molecule has 0 aliphatic carbocycles. The zero-order valence-electron chi connectivity index (χ0n) is 13.8. The van der Waals surface area contributed by atoms with Crippen molar-refractivity contribution in [2.75, 3.05) is 30.4 Å². The van der Waals surface area contributed by atoms with Crippen molar-refractivity contribution in [1.29, 1.82) is 0 Å². The van der Waals surface area contributed by atoms with Gasteiger partial charge in [0, 0.05) is 17.6 Å². The highest BCUT2D eigenvalue weighted by atomic mass is 79.9. The van der Waals surface area contributed by atoms with Crippen molar-refractivity contribution in [3.05, 3.63) is 46.7 Å². The molecule has 1 aromatic heterocycles. The van der Waals surface area contributed by atoms with E-state index in [1.165, 1.54) is 6.07 Å². The summed E-state index contributed by atoms with van der Waals surface area (Å²) in [5.74, 6) is -0.0826. The molecule has 1 aliphatic rings. The summed E-state index contributed by atoms with van der Waals surface area (Å²) in [6.45, 7) is 1.12. The number of carbonyl (C=O) groups excluding carboxylic acids is 1. The Bertz CT molecular complexity index is 988. The van der Waals surface area contributed by atoms with Crippen molar-refractivity contribution < 1.29 is 13.9 Å². The first-order valence-corrected chi connectivity index (χ1v) is 9.60. The minimum absolute atomic E-state index is 0.179. The van der Waals surface area contributed by atoms with Crippen molar-refractivity contribution in [1.82, 2.24) is 4.98 Å². The average molecular weight is 436 g/mol. The van der Waals surface area contributed by atoms with Crippen LogP contribution in [0.3, 0.4) is 0 Å². The smallest absolute Gasteiger partial charge is 0.231 e. The fourth-order valence-corrected chi connectivity index (χ4v) is 4.17. The Morgan fingerprint density at radius 2 is 2.19 bits per heavy atom. The summed E-state index contributed by atoms with van der Waals surface area (Å²) in [5.41, 5.74) is 1.03. The van der Waals surface area contributed by atoms with Gasteiger partial charge in [-0.15, -0.1) is 0 Å². The number of hydrogen-bond acceptors (Lipinski definition) is 5. The summed E-state index contributed by atoms with van der Waals surface area (Å²) >= 11 is 4.77. The van der Waals surface area contributed by atoms with Gasteiger partial charge in [0.25, 0.3) is 0 Å². The number of aromatic nitrogens is 1. The van der Waals surface area contributed by atoms with Crippen LogP contribution in [0.5, 0.6) is 5.75 Å². The molecule has 8 heteroatoms. The molecule has 0 bridgehead atoms. The van der Waals surface area contributed by atoms with Crippen molar-refractivity contribution in [2.24, 2.45) is 5.92 Å². The van der Waals surface area contributed by atoms with Crippen LogP contribution in [0.4, 0.5) is 15.2 Å². The van der Waals surface area contributed by atoms with Crippen molar-refractivity contribution in [3.8, 4) is 5.75 Å². The summed E-state index contributed by atoms with van der Waals surface area (Å²) in [4.78, 5) is 19.0. The lowest BCUT2D eigenvalue weighted by Gasteiger charge is -2.37. The third-order valence-electron chi connectivity index (χ3n) is 4.30. The maximum atomic E-state index is 13.9. The van der Waals surface area contributed by atoms with Crippen LogP contribution in [0.25, 0.3) is 10.2 Å². The standard InChI is InChI=1S/C18H15BrFN3O2S/c1-25-14-3-2-4-15-16(14)22-18(26-15)23-8-10(9-23)17(24)21-13-6-5-11(19)7-12(13)20/h2-7,10H,8-9H2,1H3,(H,21,24). The van der Waals surface area contributed by atoms with E-state index in [1.807, 2.05) is 23.1 Å². The van der Waals surface area contributed by atoms with Crippen LogP contribution < -0.4 is 15.0 Å². The van der Waals surface area contributed by atoms with Gasteiger partial charge >= 0.3 is 0 Å². The van der Waals surface area contributed by atoms with Crippen LogP contribution in [-0.4, -0.2) is 31.1 Å². The molecule has 0 atom stereocenters. The van der Waals surface area contributed by atoms with Crippen LogP contribution >= 0.6 is 27.3 Å². The maximum absolute atomic E-state index is 13.9. The Hall–Kier alpha value is -2.19. The van der Waals surface area contributed by atoms with Crippen LogP contribution in [-0.2, 0) is 4.79 Å². The second-order valence-electron chi connectivity index (χ2n) is 6.02. The van der Waals surface area contributed by atoms with E-state index in [0.717, 1.165) is 21.1 Å². The number of thiazole rings is 1. The molecule has 26 heavy (non-hydrogen) atoms. The third kappa shape index (κ3) is 3.14. The van der Waals surface area contributed by atoms with E-state index in [0.29, 0.717) is 17.6 Å². The van der Waals surface area contributed by atoms with E-state index in [9.17, 15) is 9.18 Å². The highest BCUT2D eigenvalue weighted by Gasteiger charge is 2.34. The second kappa shape index (κ2) is 6.85. The zero-order chi connectivity index (χ0) is 18.3. The summed E-state index contributed by atoms with van der Waals surface area (Å²) < 4.78 is 20.9. The monoisotopic (exact) mass is 435 g/mol. The van der Waals surface area contributed by atoms with Gasteiger partial charge in [0.1, 0.15) is 17.1 Å². The SMILES string of the molecule is COc1cccc2sc(N3CC(C(=O)Nc4ccc(Br)cc4F)C3)nc12. The van der Waals surface area contributed by atoms with Crippen molar-refractivity contribution >= 4 is 54.2 Å². The number of benzene rings is 2. The molecule has 2 aromatic carbocycles. The molecule has 4 rings (SSSR count). The molecule has 0 radical (unpaired) electrons. The number of nitrogens with zero attached hydrogens (tertiary/aromatic N) is 2. The van der Waals surface area contributed by atoms with Gasteiger partial charge in [-0.1, -0.05) is 33.3 Å². The molecule has 1 amide bonds. The predicted molar refractivity (Wildman–Crippen MR) is 105 cm³/mol. The first-order chi connectivity index (χ1) is 12.5. The Morgan fingerprint density at radius 3 is 2.92 bits per heavy atom. The predicted octanol–water partition coefficient (Wildman–Crippen LogP) is 4.28. The number of amides is 1. The van der Waals surface area contributed by atoms with E-state index in [1.54, 1.807) is 30.6 Å². The van der Waals surface area contributed by atoms with E-state index in [4.69, 9.17) is 4.74 Å². The molecule has 1 aliphatic heterocycles. The number of fused-ring (bicyclic) bond motifs is 1. The van der Waals surface area contributed by atoms with Gasteiger partial charge in [-0.2, -0.15) is 0 Å². The molecule has 0 unspecified atom stereocenters. The normalized spacial score (nSPS) is 14.3. The molecule has 0 spiro atoms. The van der Waals surface area contributed by atoms with E-state index in [-0.39, 0.29) is 17.5 Å². The maximum Gasteiger partial charge on any atom is 0.231 e. The van der Waals surface area contributed by atoms with Gasteiger partial charge < -0.3 is 15.0 Å². The molecule has 3 aromatic rings. The van der Waals surface area contributed by atoms with Crippen LogP contribution in [0, 0.1) is 11.7 Å². The Morgan fingerprint density at radius 1 is 1.38 bits per heavy atom. The van der Waals surface area contributed by atoms with E-state index in [2.05, 4.69) is 26.2 Å². The summed E-state index contributed by atoms with van der Waals surface area (Å²) in [6.07, 6.45) is 0. The zero-order valence-corrected chi connectivity index (χ0v) is 16.2. The number of hydrogen-bond donors (Lipinski definition) is 1. The lowest BCUT2D eigenvalue weighted by molar-refractivity contribution is -0.120. The molecule has 5 nitrogen and oxygen atoms in total.